The molecular formula is C60H55NO6. The molecule has 0 N–H and O–H groups in total. The maximum atomic E-state index is 13.0. The minimum atomic E-state index is -0.818. The number of carbonyl (C=O) groups excluding carboxylic acids is 2. The Labute approximate surface area is 394 Å². The van der Waals surface area contributed by atoms with Gasteiger partial charge in [-0.2, -0.15) is 0 Å². The Balaban J connectivity index is 0.911. The third-order valence-electron chi connectivity index (χ3n) is 12.3. The van der Waals surface area contributed by atoms with Gasteiger partial charge in [0.1, 0.15) is 23.0 Å². The average Bonchev–Trinajstić information content (AvgIpc) is 3.35. The number of methoxy groups -OCH3 is 1. The molecule has 1 unspecified atom stereocenters. The summed E-state index contributed by atoms with van der Waals surface area (Å²) in [4.78, 5) is 26.6. The SMILES string of the molecule is COc1ccc(C(CCCc2ccc(N(c3ccc(C)cc3)c3ccc(-c4ccccc4)cc3)cc2)c2ccc(OC(=O)Oc3ccc(C(C)(C)c4ccc(OC(C)=O)cc4)cc3)cc2)cc1. The second-order valence-corrected chi connectivity index (χ2v) is 17.3. The van der Waals surface area contributed by atoms with Gasteiger partial charge in [0.25, 0.3) is 0 Å². The number of rotatable bonds is 16. The van der Waals surface area contributed by atoms with Gasteiger partial charge in [-0.1, -0.05) is 135 Å². The molecule has 0 aliphatic carbocycles. The molecule has 0 bridgehead atoms. The standard InChI is InChI=1S/C60H55NO6/c1-42-14-28-51(29-15-42)61(53-32-18-46(19-33-53)45-11-7-6-8-12-45)52-30-16-44(17-31-52)10-9-13-58(47-20-34-54(64-5)35-21-47)48-22-36-56(37-23-48)66-59(63)67-57-40-26-50(27-41-57)60(3,4)49-24-38-55(39-25-49)65-43(2)62/h6-8,11-12,14-41,58H,9-10,13H2,1-5H3. The molecule has 8 aromatic carbocycles. The van der Waals surface area contributed by atoms with E-state index in [0.29, 0.717) is 17.2 Å². The molecule has 0 aliphatic rings. The minimum absolute atomic E-state index is 0.108. The number of hydrogen-bond acceptors (Lipinski definition) is 7. The lowest BCUT2D eigenvalue weighted by Crippen LogP contribution is -2.19. The molecular weight excluding hydrogens is 831 g/mol. The summed E-state index contributed by atoms with van der Waals surface area (Å²) >= 11 is 0. The van der Waals surface area contributed by atoms with Crippen molar-refractivity contribution >= 4 is 29.2 Å². The zero-order valence-corrected chi connectivity index (χ0v) is 38.6. The third kappa shape index (κ3) is 11.5. The van der Waals surface area contributed by atoms with Crippen molar-refractivity contribution in [3.05, 3.63) is 234 Å². The second kappa shape index (κ2) is 20.9. The van der Waals surface area contributed by atoms with E-state index in [1.165, 1.54) is 34.7 Å². The van der Waals surface area contributed by atoms with Gasteiger partial charge >= 0.3 is 12.1 Å². The van der Waals surface area contributed by atoms with Crippen LogP contribution in [-0.4, -0.2) is 19.2 Å². The molecule has 1 atom stereocenters. The van der Waals surface area contributed by atoms with Crippen molar-refractivity contribution < 1.29 is 28.5 Å². The first kappa shape index (κ1) is 45.7. The van der Waals surface area contributed by atoms with Crippen molar-refractivity contribution in [2.75, 3.05) is 12.0 Å². The Hall–Kier alpha value is -7.90. The fraction of sp³-hybridized carbons (Fsp3) is 0.167. The highest BCUT2D eigenvalue weighted by molar-refractivity contribution is 5.78. The predicted octanol–water partition coefficient (Wildman–Crippen LogP) is 15.1. The van der Waals surface area contributed by atoms with E-state index in [0.717, 1.165) is 58.8 Å². The van der Waals surface area contributed by atoms with Crippen molar-refractivity contribution in [3.8, 4) is 34.1 Å². The summed E-state index contributed by atoms with van der Waals surface area (Å²) in [5.74, 6) is 1.82. The van der Waals surface area contributed by atoms with Crippen molar-refractivity contribution in [1.29, 1.82) is 0 Å². The van der Waals surface area contributed by atoms with E-state index in [2.05, 4.69) is 135 Å². The lowest BCUT2D eigenvalue weighted by molar-refractivity contribution is -0.131. The maximum Gasteiger partial charge on any atom is 0.519 e. The lowest BCUT2D eigenvalue weighted by Gasteiger charge is -2.26. The molecule has 0 saturated carbocycles. The van der Waals surface area contributed by atoms with Crippen molar-refractivity contribution in [1.82, 2.24) is 0 Å². The van der Waals surface area contributed by atoms with Crippen LogP contribution in [0.1, 0.15) is 72.9 Å². The molecule has 0 fully saturated rings. The number of aryl methyl sites for hydroxylation is 2. The Morgan fingerprint density at radius 3 is 1.43 bits per heavy atom. The topological polar surface area (TPSA) is 74.3 Å². The molecule has 8 aromatic rings. The van der Waals surface area contributed by atoms with E-state index in [1.807, 2.05) is 66.7 Å². The van der Waals surface area contributed by atoms with Gasteiger partial charge in [-0.05, 0) is 150 Å². The molecule has 0 aromatic heterocycles. The smallest absolute Gasteiger partial charge is 0.497 e. The molecule has 0 radical (unpaired) electrons. The first-order valence-corrected chi connectivity index (χ1v) is 22.7. The van der Waals surface area contributed by atoms with Gasteiger partial charge in [-0.15, -0.1) is 0 Å². The van der Waals surface area contributed by atoms with Crippen LogP contribution in [0.4, 0.5) is 21.9 Å². The van der Waals surface area contributed by atoms with Gasteiger partial charge < -0.3 is 23.8 Å². The molecule has 0 spiro atoms. The van der Waals surface area contributed by atoms with Crippen LogP contribution in [0.25, 0.3) is 11.1 Å². The fourth-order valence-corrected chi connectivity index (χ4v) is 8.45. The van der Waals surface area contributed by atoms with E-state index >= 15 is 0 Å². The predicted molar refractivity (Wildman–Crippen MR) is 268 cm³/mol. The van der Waals surface area contributed by atoms with Gasteiger partial charge in [0.05, 0.1) is 7.11 Å². The number of hydrogen-bond donors (Lipinski definition) is 0. The summed E-state index contributed by atoms with van der Waals surface area (Å²) in [7, 11) is 1.68. The highest BCUT2D eigenvalue weighted by atomic mass is 16.7. The van der Waals surface area contributed by atoms with Gasteiger partial charge in [0, 0.05) is 35.3 Å². The summed E-state index contributed by atoms with van der Waals surface area (Å²) in [5.41, 5.74) is 12.2. The Morgan fingerprint density at radius 1 is 0.507 bits per heavy atom. The third-order valence-corrected chi connectivity index (χ3v) is 12.3. The first-order chi connectivity index (χ1) is 32.5. The van der Waals surface area contributed by atoms with Crippen LogP contribution >= 0.6 is 0 Å². The Kier molecular flexibility index (Phi) is 14.3. The van der Waals surface area contributed by atoms with Crippen molar-refractivity contribution in [3.63, 3.8) is 0 Å². The van der Waals surface area contributed by atoms with E-state index in [-0.39, 0.29) is 17.3 Å². The first-order valence-electron chi connectivity index (χ1n) is 22.7. The van der Waals surface area contributed by atoms with Crippen molar-refractivity contribution in [2.45, 2.75) is 58.3 Å². The number of ether oxygens (including phenoxy) is 4. The van der Waals surface area contributed by atoms with Crippen LogP contribution in [0.15, 0.2) is 200 Å². The number of anilines is 3. The van der Waals surface area contributed by atoms with Crippen LogP contribution in [0.2, 0.25) is 0 Å². The van der Waals surface area contributed by atoms with Crippen LogP contribution in [0.5, 0.6) is 23.0 Å². The van der Waals surface area contributed by atoms with Crippen LogP contribution in [0, 0.1) is 6.92 Å². The number of esters is 1. The molecule has 0 saturated heterocycles. The zero-order valence-electron chi connectivity index (χ0n) is 38.6. The number of nitrogens with zero attached hydrogens (tertiary/aromatic N) is 1. The summed E-state index contributed by atoms with van der Waals surface area (Å²) in [5, 5.41) is 0. The largest absolute Gasteiger partial charge is 0.519 e. The molecule has 336 valence electrons. The minimum Gasteiger partial charge on any atom is -0.497 e. The summed E-state index contributed by atoms with van der Waals surface area (Å²) in [6, 6.07) is 67.6. The second-order valence-electron chi connectivity index (χ2n) is 17.3. The Bertz CT molecular complexity index is 2860. The maximum absolute atomic E-state index is 13.0. The molecule has 0 amide bonds. The summed E-state index contributed by atoms with van der Waals surface area (Å²) in [6.07, 6.45) is 1.97. The normalized spacial score (nSPS) is 11.6. The van der Waals surface area contributed by atoms with Crippen LogP contribution < -0.4 is 23.8 Å². The van der Waals surface area contributed by atoms with Gasteiger partial charge in [0.15, 0.2) is 0 Å². The molecule has 8 rings (SSSR count). The van der Waals surface area contributed by atoms with E-state index in [1.54, 1.807) is 31.4 Å². The number of carbonyl (C=O) groups is 2. The highest BCUT2D eigenvalue weighted by Crippen LogP contribution is 2.38. The van der Waals surface area contributed by atoms with Gasteiger partial charge in [-0.3, -0.25) is 4.79 Å². The molecule has 67 heavy (non-hydrogen) atoms. The van der Waals surface area contributed by atoms with Crippen molar-refractivity contribution in [2.24, 2.45) is 0 Å². The monoisotopic (exact) mass is 885 g/mol. The zero-order chi connectivity index (χ0) is 46.8. The van der Waals surface area contributed by atoms with E-state index < -0.39 is 6.16 Å². The van der Waals surface area contributed by atoms with E-state index in [9.17, 15) is 9.59 Å². The summed E-state index contributed by atoms with van der Waals surface area (Å²) in [6.45, 7) is 7.70. The Morgan fingerprint density at radius 2 is 0.940 bits per heavy atom. The lowest BCUT2D eigenvalue weighted by atomic mass is 9.78. The molecule has 0 heterocycles. The van der Waals surface area contributed by atoms with Crippen LogP contribution in [-0.2, 0) is 16.6 Å². The van der Waals surface area contributed by atoms with Gasteiger partial charge in [-0.25, -0.2) is 4.79 Å². The highest BCUT2D eigenvalue weighted by Gasteiger charge is 2.24. The molecule has 7 heteroatoms. The molecule has 0 aliphatic heterocycles. The fourth-order valence-electron chi connectivity index (χ4n) is 8.45. The van der Waals surface area contributed by atoms with E-state index in [4.69, 9.17) is 18.9 Å². The molecule has 7 nitrogen and oxygen atoms in total. The number of benzene rings is 8. The van der Waals surface area contributed by atoms with Gasteiger partial charge in [0.2, 0.25) is 0 Å². The average molecular weight is 886 g/mol. The van der Waals surface area contributed by atoms with Crippen LogP contribution in [0.3, 0.4) is 0 Å². The quantitative estimate of drug-likeness (QED) is 0.0543. The summed E-state index contributed by atoms with van der Waals surface area (Å²) < 4.78 is 21.9.